The number of hydrogen-bond donors (Lipinski definition) is 1. The fourth-order valence-corrected chi connectivity index (χ4v) is 3.16. The van der Waals surface area contributed by atoms with Gasteiger partial charge in [-0.2, -0.15) is 0 Å². The van der Waals surface area contributed by atoms with Gasteiger partial charge in [0.15, 0.2) is 0 Å². The highest BCUT2D eigenvalue weighted by molar-refractivity contribution is 6.46. The summed E-state index contributed by atoms with van der Waals surface area (Å²) in [5.74, 6) is -2.03. The van der Waals surface area contributed by atoms with Gasteiger partial charge in [-0.3, -0.25) is 9.59 Å². The zero-order valence-electron chi connectivity index (χ0n) is 15.2. The van der Waals surface area contributed by atoms with Gasteiger partial charge < -0.3 is 14.9 Å². The van der Waals surface area contributed by atoms with Gasteiger partial charge in [0, 0.05) is 18.7 Å². The van der Waals surface area contributed by atoms with Crippen molar-refractivity contribution in [2.24, 2.45) is 0 Å². The van der Waals surface area contributed by atoms with E-state index in [2.05, 4.69) is 0 Å². The maximum absolute atomic E-state index is 13.4. The van der Waals surface area contributed by atoms with Crippen molar-refractivity contribution in [2.75, 3.05) is 27.2 Å². The number of aliphatic hydroxyl groups excluding tert-OH is 1. The van der Waals surface area contributed by atoms with Crippen molar-refractivity contribution in [1.29, 1.82) is 0 Å². The number of carbonyl (C=O) groups is 2. The molecule has 3 rings (SSSR count). The number of carbonyl (C=O) groups excluding carboxylic acids is 2. The highest BCUT2D eigenvalue weighted by Gasteiger charge is 2.45. The summed E-state index contributed by atoms with van der Waals surface area (Å²) in [5.41, 5.74) is 1.05. The van der Waals surface area contributed by atoms with Crippen molar-refractivity contribution in [1.82, 2.24) is 9.80 Å². The van der Waals surface area contributed by atoms with Crippen LogP contribution in [0.15, 0.2) is 60.2 Å². The predicted molar refractivity (Wildman–Crippen MR) is 100 cm³/mol. The maximum atomic E-state index is 13.4. The van der Waals surface area contributed by atoms with Gasteiger partial charge in [0.25, 0.3) is 11.7 Å². The summed E-state index contributed by atoms with van der Waals surface area (Å²) in [6, 6.07) is 13.5. The number of ketones is 1. The summed E-state index contributed by atoms with van der Waals surface area (Å²) in [6.45, 7) is 0.862. The molecule has 1 atom stereocenters. The smallest absolute Gasteiger partial charge is 0.295 e. The largest absolute Gasteiger partial charge is 0.507 e. The Kier molecular flexibility index (Phi) is 5.37. The molecule has 1 aliphatic heterocycles. The quantitative estimate of drug-likeness (QED) is 0.501. The number of likely N-dealkylation sites (N-methyl/N-ethyl adjacent to an activating group) is 1. The number of nitrogens with zero attached hydrogens (tertiary/aromatic N) is 2. The van der Waals surface area contributed by atoms with Crippen LogP contribution in [0.25, 0.3) is 5.76 Å². The van der Waals surface area contributed by atoms with Crippen LogP contribution in [0.4, 0.5) is 4.39 Å². The molecular weight excluding hydrogens is 347 g/mol. The van der Waals surface area contributed by atoms with Crippen LogP contribution in [0, 0.1) is 5.82 Å². The lowest BCUT2D eigenvalue weighted by Gasteiger charge is -2.26. The molecule has 5 nitrogen and oxygen atoms in total. The first-order valence-electron chi connectivity index (χ1n) is 8.64. The second-order valence-electron chi connectivity index (χ2n) is 6.71. The molecule has 1 saturated heterocycles. The third-order valence-electron chi connectivity index (χ3n) is 4.56. The van der Waals surface area contributed by atoms with Crippen molar-refractivity contribution in [3.63, 3.8) is 0 Å². The van der Waals surface area contributed by atoms with E-state index in [4.69, 9.17) is 0 Å². The molecule has 0 saturated carbocycles. The lowest BCUT2D eigenvalue weighted by molar-refractivity contribution is -0.140. The van der Waals surface area contributed by atoms with E-state index in [1.807, 2.05) is 19.0 Å². The van der Waals surface area contributed by atoms with Crippen LogP contribution in [-0.4, -0.2) is 53.8 Å². The molecule has 1 fully saturated rings. The van der Waals surface area contributed by atoms with Gasteiger partial charge >= 0.3 is 0 Å². The van der Waals surface area contributed by atoms with E-state index in [1.54, 1.807) is 30.3 Å². The van der Waals surface area contributed by atoms with Crippen molar-refractivity contribution in [2.45, 2.75) is 6.04 Å². The number of amides is 1. The van der Waals surface area contributed by atoms with Crippen LogP contribution in [0.5, 0.6) is 0 Å². The molecule has 0 spiro atoms. The van der Waals surface area contributed by atoms with Gasteiger partial charge in [-0.15, -0.1) is 0 Å². The molecule has 1 heterocycles. The minimum absolute atomic E-state index is 0.0246. The van der Waals surface area contributed by atoms with E-state index in [0.29, 0.717) is 24.2 Å². The van der Waals surface area contributed by atoms with Crippen molar-refractivity contribution in [3.8, 4) is 0 Å². The van der Waals surface area contributed by atoms with E-state index in [9.17, 15) is 19.1 Å². The van der Waals surface area contributed by atoms with Gasteiger partial charge in [-0.05, 0) is 31.8 Å². The molecule has 2 aromatic carbocycles. The fourth-order valence-electron chi connectivity index (χ4n) is 3.16. The van der Waals surface area contributed by atoms with E-state index >= 15 is 0 Å². The molecule has 1 N–H and O–H groups in total. The molecule has 0 aliphatic carbocycles. The fraction of sp³-hybridized carbons (Fsp3) is 0.238. The highest BCUT2D eigenvalue weighted by atomic mass is 19.1. The number of hydrogen-bond acceptors (Lipinski definition) is 4. The summed E-state index contributed by atoms with van der Waals surface area (Å²) < 4.78 is 13.4. The number of aliphatic hydroxyl groups is 1. The summed E-state index contributed by atoms with van der Waals surface area (Å²) in [7, 11) is 3.74. The predicted octanol–water partition coefficient (Wildman–Crippen LogP) is 2.81. The highest BCUT2D eigenvalue weighted by Crippen LogP contribution is 2.39. The molecule has 27 heavy (non-hydrogen) atoms. The molecule has 1 amide bonds. The molecule has 0 radical (unpaired) electrons. The van der Waals surface area contributed by atoms with E-state index in [1.165, 1.54) is 29.2 Å². The van der Waals surface area contributed by atoms with E-state index in [-0.39, 0.29) is 11.3 Å². The van der Waals surface area contributed by atoms with Crippen molar-refractivity contribution < 1.29 is 19.1 Å². The molecule has 0 aromatic heterocycles. The van der Waals surface area contributed by atoms with Crippen LogP contribution in [0.1, 0.15) is 17.2 Å². The number of Topliss-reactive ketones (excluding diaryl/α,β-unsaturated/α-hetero) is 1. The van der Waals surface area contributed by atoms with Crippen LogP contribution < -0.4 is 0 Å². The Balaban J connectivity index is 2.13. The molecule has 6 heteroatoms. The third kappa shape index (κ3) is 3.75. The van der Waals surface area contributed by atoms with E-state index in [0.717, 1.165) is 0 Å². The summed E-state index contributed by atoms with van der Waals surface area (Å²) >= 11 is 0. The first-order chi connectivity index (χ1) is 12.9. The molecule has 1 aliphatic rings. The normalized spacial score (nSPS) is 19.1. The van der Waals surface area contributed by atoms with E-state index < -0.39 is 23.5 Å². The SMILES string of the molecule is CN(C)CCN1C(=O)C(=O)/C(=C(/O)c2ccccc2)[C@H]1c1ccc(F)cc1. The Morgan fingerprint density at radius 1 is 1.07 bits per heavy atom. The lowest BCUT2D eigenvalue weighted by atomic mass is 9.95. The second-order valence-corrected chi connectivity index (χ2v) is 6.71. The molecule has 140 valence electrons. The molecule has 0 unspecified atom stereocenters. The number of rotatable bonds is 5. The van der Waals surface area contributed by atoms with Gasteiger partial charge in [0.1, 0.15) is 11.6 Å². The molecule has 0 bridgehead atoms. The van der Waals surface area contributed by atoms with Gasteiger partial charge in [-0.1, -0.05) is 42.5 Å². The minimum atomic E-state index is -0.759. The zero-order chi connectivity index (χ0) is 19.6. The topological polar surface area (TPSA) is 60.9 Å². The van der Waals surface area contributed by atoms with Crippen LogP contribution in [0.3, 0.4) is 0 Å². The first-order valence-corrected chi connectivity index (χ1v) is 8.64. The Bertz CT molecular complexity index is 876. The first kappa shape index (κ1) is 18.8. The monoisotopic (exact) mass is 368 g/mol. The van der Waals surface area contributed by atoms with Crippen LogP contribution >= 0.6 is 0 Å². The average molecular weight is 368 g/mol. The summed E-state index contributed by atoms with van der Waals surface area (Å²) in [5, 5.41) is 10.8. The van der Waals surface area contributed by atoms with Crippen molar-refractivity contribution >= 4 is 17.4 Å². The summed E-state index contributed by atoms with van der Waals surface area (Å²) in [4.78, 5) is 28.7. The standard InChI is InChI=1S/C21H21FN2O3/c1-23(2)12-13-24-18(14-8-10-16(22)11-9-14)17(20(26)21(24)27)19(25)15-6-4-3-5-7-15/h3-11,18,25H,12-13H2,1-2H3/b19-17+/t18-/m1/s1. The molecular formula is C21H21FN2O3. The second kappa shape index (κ2) is 7.72. The van der Waals surface area contributed by atoms with Crippen molar-refractivity contribution in [3.05, 3.63) is 77.1 Å². The maximum Gasteiger partial charge on any atom is 0.295 e. The minimum Gasteiger partial charge on any atom is -0.507 e. The molecule has 2 aromatic rings. The Hall–Kier alpha value is -2.99. The van der Waals surface area contributed by atoms with Crippen LogP contribution in [0.2, 0.25) is 0 Å². The summed E-state index contributed by atoms with van der Waals surface area (Å²) in [6.07, 6.45) is 0. The average Bonchev–Trinajstić information content (AvgIpc) is 2.91. The lowest BCUT2D eigenvalue weighted by Crippen LogP contribution is -2.35. The van der Waals surface area contributed by atoms with Gasteiger partial charge in [0.05, 0.1) is 11.6 Å². The Labute approximate surface area is 157 Å². The number of halogens is 1. The van der Waals surface area contributed by atoms with Gasteiger partial charge in [0.2, 0.25) is 0 Å². The number of likely N-dealkylation sites (tertiary alicyclic amines) is 1. The Morgan fingerprint density at radius 2 is 1.70 bits per heavy atom. The third-order valence-corrected chi connectivity index (χ3v) is 4.56. The van der Waals surface area contributed by atoms with Crippen LogP contribution in [-0.2, 0) is 9.59 Å². The number of benzene rings is 2. The zero-order valence-corrected chi connectivity index (χ0v) is 15.2. The Morgan fingerprint density at radius 3 is 2.30 bits per heavy atom. The van der Waals surface area contributed by atoms with Gasteiger partial charge in [-0.25, -0.2) is 4.39 Å².